The van der Waals surface area contributed by atoms with E-state index in [0.29, 0.717) is 22.7 Å². The fraction of sp³-hybridized carbons (Fsp3) is 0.111. The number of imidazole rings is 1. The van der Waals surface area contributed by atoms with Crippen LogP contribution in [0.25, 0.3) is 16.9 Å². The largest absolute Gasteiger partial charge is 0.573 e. The third kappa shape index (κ3) is 4.03. The van der Waals surface area contributed by atoms with E-state index >= 15 is 0 Å². The lowest BCUT2D eigenvalue weighted by atomic mass is 10.3. The molecular formula is C18H12F3N5O3. The first-order valence-electron chi connectivity index (χ1n) is 8.23. The Hall–Kier alpha value is -3.89. The number of aromatic amines is 1. The molecule has 4 aromatic rings. The molecular weight excluding hydrogens is 391 g/mol. The summed E-state index contributed by atoms with van der Waals surface area (Å²) < 4.78 is 47.7. The molecule has 29 heavy (non-hydrogen) atoms. The lowest BCUT2D eigenvalue weighted by Gasteiger charge is -2.10. The van der Waals surface area contributed by atoms with Crippen molar-refractivity contribution in [1.29, 1.82) is 0 Å². The van der Waals surface area contributed by atoms with Crippen molar-refractivity contribution in [1.82, 2.24) is 24.5 Å². The quantitative estimate of drug-likeness (QED) is 0.560. The van der Waals surface area contributed by atoms with Crippen molar-refractivity contribution in [2.45, 2.75) is 13.3 Å². The Morgan fingerprint density at radius 1 is 1.07 bits per heavy atom. The summed E-state index contributed by atoms with van der Waals surface area (Å²) in [5.74, 6) is 0.322. The smallest absolute Gasteiger partial charge is 0.439 e. The van der Waals surface area contributed by atoms with Gasteiger partial charge in [-0.15, -0.1) is 13.2 Å². The van der Waals surface area contributed by atoms with Gasteiger partial charge in [0.05, 0.1) is 18.1 Å². The molecule has 0 unspecified atom stereocenters. The monoisotopic (exact) mass is 403 g/mol. The van der Waals surface area contributed by atoms with Gasteiger partial charge in [0.2, 0.25) is 5.88 Å². The molecule has 8 nitrogen and oxygen atoms in total. The maximum absolute atomic E-state index is 12.3. The summed E-state index contributed by atoms with van der Waals surface area (Å²) in [6, 6.07) is 8.12. The normalized spacial score (nSPS) is 11.6. The molecule has 0 radical (unpaired) electrons. The maximum Gasteiger partial charge on any atom is 0.573 e. The number of H-pyrrole nitrogens is 1. The fourth-order valence-corrected chi connectivity index (χ4v) is 2.64. The predicted molar refractivity (Wildman–Crippen MR) is 95.2 cm³/mol. The Kier molecular flexibility index (Phi) is 4.41. The van der Waals surface area contributed by atoms with Crippen molar-refractivity contribution in [3.05, 3.63) is 65.1 Å². The van der Waals surface area contributed by atoms with E-state index in [1.807, 2.05) is 0 Å². The van der Waals surface area contributed by atoms with Crippen molar-refractivity contribution in [2.24, 2.45) is 0 Å². The maximum atomic E-state index is 12.3. The minimum Gasteiger partial charge on any atom is -0.439 e. The van der Waals surface area contributed by atoms with Gasteiger partial charge in [0, 0.05) is 12.1 Å². The van der Waals surface area contributed by atoms with Crippen LogP contribution in [0.2, 0.25) is 0 Å². The molecule has 0 atom stereocenters. The second-order valence-electron chi connectivity index (χ2n) is 5.90. The van der Waals surface area contributed by atoms with Crippen molar-refractivity contribution in [2.75, 3.05) is 0 Å². The van der Waals surface area contributed by atoms with Crippen molar-refractivity contribution in [3.8, 4) is 23.1 Å². The van der Waals surface area contributed by atoms with E-state index in [4.69, 9.17) is 4.74 Å². The molecule has 4 rings (SSSR count). The Balaban J connectivity index is 1.60. The summed E-state index contributed by atoms with van der Waals surface area (Å²) in [4.78, 5) is 27.3. The molecule has 1 N–H and O–H groups in total. The van der Waals surface area contributed by atoms with Gasteiger partial charge in [-0.3, -0.25) is 0 Å². The summed E-state index contributed by atoms with van der Waals surface area (Å²) in [6.07, 6.45) is -1.90. The number of fused-ring (bicyclic) bond motifs is 1. The number of nitrogens with zero attached hydrogens (tertiary/aromatic N) is 4. The molecule has 3 heterocycles. The number of nitrogens with one attached hydrogen (secondary N) is 1. The lowest BCUT2D eigenvalue weighted by Crippen LogP contribution is -2.17. The SMILES string of the molecule is Cc1ncc2[nH]c(=O)n(-c3ccc(Oc4cccc(OC(F)(F)F)c4)nc3)c2n1. The van der Waals surface area contributed by atoms with E-state index in [1.165, 1.54) is 35.2 Å². The van der Waals surface area contributed by atoms with E-state index < -0.39 is 17.8 Å². The zero-order valence-corrected chi connectivity index (χ0v) is 14.8. The molecule has 0 spiro atoms. The van der Waals surface area contributed by atoms with Crippen LogP contribution in [0.3, 0.4) is 0 Å². The van der Waals surface area contributed by atoms with E-state index in [-0.39, 0.29) is 11.6 Å². The molecule has 0 fully saturated rings. The van der Waals surface area contributed by atoms with Crippen molar-refractivity contribution in [3.63, 3.8) is 0 Å². The number of benzene rings is 1. The molecule has 1 aromatic carbocycles. The van der Waals surface area contributed by atoms with Gasteiger partial charge in [-0.2, -0.15) is 0 Å². The summed E-state index contributed by atoms with van der Waals surface area (Å²) in [6.45, 7) is 1.70. The molecule has 0 aliphatic rings. The predicted octanol–water partition coefficient (Wildman–Crippen LogP) is 3.50. The molecule has 0 aliphatic carbocycles. The van der Waals surface area contributed by atoms with Crippen LogP contribution in [0.15, 0.2) is 53.6 Å². The van der Waals surface area contributed by atoms with Gasteiger partial charge in [-0.05, 0) is 25.1 Å². The number of pyridine rings is 1. The average molecular weight is 403 g/mol. The van der Waals surface area contributed by atoms with Crippen LogP contribution < -0.4 is 15.2 Å². The fourth-order valence-electron chi connectivity index (χ4n) is 2.64. The minimum absolute atomic E-state index is 0.111. The van der Waals surface area contributed by atoms with E-state index in [0.717, 1.165) is 12.1 Å². The second kappa shape index (κ2) is 6.93. The molecule has 11 heteroatoms. The van der Waals surface area contributed by atoms with E-state index in [2.05, 4.69) is 24.7 Å². The minimum atomic E-state index is -4.80. The number of alkyl halides is 3. The summed E-state index contributed by atoms with van der Waals surface area (Å²) in [5.41, 5.74) is 0.894. The number of hydrogen-bond donors (Lipinski definition) is 1. The summed E-state index contributed by atoms with van der Waals surface area (Å²) in [7, 11) is 0. The third-order valence-electron chi connectivity index (χ3n) is 3.79. The first kappa shape index (κ1) is 18.5. The highest BCUT2D eigenvalue weighted by atomic mass is 19.4. The van der Waals surface area contributed by atoms with Crippen molar-refractivity contribution < 1.29 is 22.6 Å². The van der Waals surface area contributed by atoms with Gasteiger partial charge in [-0.25, -0.2) is 24.3 Å². The Labute approximate surface area is 160 Å². The lowest BCUT2D eigenvalue weighted by molar-refractivity contribution is -0.274. The number of halogens is 3. The molecule has 0 amide bonds. The average Bonchev–Trinajstić information content (AvgIpc) is 2.96. The molecule has 0 aliphatic heterocycles. The zero-order chi connectivity index (χ0) is 20.6. The summed E-state index contributed by atoms with van der Waals surface area (Å²) >= 11 is 0. The van der Waals surface area contributed by atoms with Gasteiger partial charge in [0.25, 0.3) is 0 Å². The highest BCUT2D eigenvalue weighted by Gasteiger charge is 2.31. The highest BCUT2D eigenvalue weighted by molar-refractivity contribution is 5.71. The van der Waals surface area contributed by atoms with Crippen LogP contribution in [0.4, 0.5) is 13.2 Å². The van der Waals surface area contributed by atoms with Crippen LogP contribution in [-0.4, -0.2) is 30.9 Å². The van der Waals surface area contributed by atoms with Gasteiger partial charge >= 0.3 is 12.1 Å². The van der Waals surface area contributed by atoms with Crippen LogP contribution >= 0.6 is 0 Å². The molecule has 0 saturated carbocycles. The molecule has 0 bridgehead atoms. The van der Waals surface area contributed by atoms with Crippen LogP contribution in [0.1, 0.15) is 5.82 Å². The number of aryl methyl sites for hydroxylation is 1. The number of aromatic nitrogens is 5. The Morgan fingerprint density at radius 3 is 2.59 bits per heavy atom. The Bertz CT molecular complexity index is 1230. The van der Waals surface area contributed by atoms with Gasteiger partial charge in [0.1, 0.15) is 22.8 Å². The number of rotatable bonds is 4. The topological polar surface area (TPSA) is 94.9 Å². The van der Waals surface area contributed by atoms with Gasteiger partial charge in [-0.1, -0.05) is 6.07 Å². The number of ether oxygens (including phenoxy) is 2. The summed E-state index contributed by atoms with van der Waals surface area (Å²) in [5, 5.41) is 0. The molecule has 0 saturated heterocycles. The highest BCUT2D eigenvalue weighted by Crippen LogP contribution is 2.28. The van der Waals surface area contributed by atoms with E-state index in [9.17, 15) is 18.0 Å². The Morgan fingerprint density at radius 2 is 1.86 bits per heavy atom. The standard InChI is InChI=1S/C18H12F3N5O3/c1-10-22-9-14-16(24-10)26(17(27)25-14)11-5-6-15(23-8-11)28-12-3-2-4-13(7-12)29-18(19,20)21/h2-9H,1H3,(H,25,27). The van der Waals surface area contributed by atoms with Gasteiger partial charge < -0.3 is 14.5 Å². The van der Waals surface area contributed by atoms with Crippen molar-refractivity contribution >= 4 is 11.2 Å². The first-order chi connectivity index (χ1) is 13.8. The van der Waals surface area contributed by atoms with E-state index in [1.54, 1.807) is 13.0 Å². The van der Waals surface area contributed by atoms with Gasteiger partial charge in [0.15, 0.2) is 5.65 Å². The molecule has 148 valence electrons. The molecule has 3 aromatic heterocycles. The zero-order valence-electron chi connectivity index (χ0n) is 14.8. The van der Waals surface area contributed by atoms with Crippen LogP contribution in [0.5, 0.6) is 17.4 Å². The van der Waals surface area contributed by atoms with Crippen LogP contribution in [0, 0.1) is 6.92 Å². The third-order valence-corrected chi connectivity index (χ3v) is 3.79. The number of hydrogen-bond acceptors (Lipinski definition) is 6. The second-order valence-corrected chi connectivity index (χ2v) is 5.90. The van der Waals surface area contributed by atoms with Crippen LogP contribution in [-0.2, 0) is 0 Å². The first-order valence-corrected chi connectivity index (χ1v) is 8.23.